The standard InChI is InChI=1S/C14H21N3/c1-10(2)17-12(9-14(3,4)5)16-11-7-6-8-15-13(11)17/h6-8,10H,9H2,1-5H3. The van der Waals surface area contributed by atoms with E-state index in [-0.39, 0.29) is 5.41 Å². The van der Waals surface area contributed by atoms with Crippen molar-refractivity contribution in [2.75, 3.05) is 0 Å². The summed E-state index contributed by atoms with van der Waals surface area (Å²) < 4.78 is 2.25. The lowest BCUT2D eigenvalue weighted by Crippen LogP contribution is -2.15. The minimum Gasteiger partial charge on any atom is -0.310 e. The molecule has 0 saturated heterocycles. The predicted octanol–water partition coefficient (Wildman–Crippen LogP) is 3.60. The molecule has 0 amide bonds. The Morgan fingerprint density at radius 1 is 1.29 bits per heavy atom. The number of hydrogen-bond acceptors (Lipinski definition) is 2. The number of pyridine rings is 1. The van der Waals surface area contributed by atoms with Crippen LogP contribution in [-0.2, 0) is 6.42 Å². The number of fused-ring (bicyclic) bond motifs is 1. The van der Waals surface area contributed by atoms with Gasteiger partial charge in [0, 0.05) is 18.7 Å². The van der Waals surface area contributed by atoms with Gasteiger partial charge < -0.3 is 4.57 Å². The molecule has 0 radical (unpaired) electrons. The second-order valence-corrected chi connectivity index (χ2v) is 6.08. The molecular formula is C14H21N3. The van der Waals surface area contributed by atoms with E-state index >= 15 is 0 Å². The fourth-order valence-electron chi connectivity index (χ4n) is 2.12. The molecule has 0 aliphatic carbocycles. The van der Waals surface area contributed by atoms with E-state index in [9.17, 15) is 0 Å². The zero-order valence-electron chi connectivity index (χ0n) is 11.4. The second kappa shape index (κ2) is 4.13. The van der Waals surface area contributed by atoms with Gasteiger partial charge in [0.1, 0.15) is 11.3 Å². The van der Waals surface area contributed by atoms with E-state index in [1.807, 2.05) is 18.3 Å². The largest absolute Gasteiger partial charge is 0.310 e. The summed E-state index contributed by atoms with van der Waals surface area (Å²) in [6.45, 7) is 11.1. The maximum Gasteiger partial charge on any atom is 0.160 e. The highest BCUT2D eigenvalue weighted by Gasteiger charge is 2.19. The van der Waals surface area contributed by atoms with E-state index in [1.165, 1.54) is 0 Å². The average molecular weight is 231 g/mol. The Morgan fingerprint density at radius 3 is 2.59 bits per heavy atom. The average Bonchev–Trinajstić information content (AvgIpc) is 2.51. The molecule has 0 atom stereocenters. The van der Waals surface area contributed by atoms with Crippen molar-refractivity contribution in [3.63, 3.8) is 0 Å². The molecule has 2 aromatic heterocycles. The molecule has 0 unspecified atom stereocenters. The van der Waals surface area contributed by atoms with Gasteiger partial charge in [-0.05, 0) is 31.4 Å². The highest BCUT2D eigenvalue weighted by molar-refractivity contribution is 5.71. The molecule has 2 heterocycles. The Kier molecular flexibility index (Phi) is 2.94. The summed E-state index contributed by atoms with van der Waals surface area (Å²) in [5, 5.41) is 0. The van der Waals surface area contributed by atoms with Crippen molar-refractivity contribution in [2.45, 2.75) is 47.1 Å². The van der Waals surface area contributed by atoms with Gasteiger partial charge in [-0.25, -0.2) is 9.97 Å². The third-order valence-corrected chi connectivity index (χ3v) is 2.73. The fraction of sp³-hybridized carbons (Fsp3) is 0.571. The van der Waals surface area contributed by atoms with Crippen LogP contribution in [0.3, 0.4) is 0 Å². The molecule has 0 N–H and O–H groups in total. The van der Waals surface area contributed by atoms with Crippen molar-refractivity contribution in [1.82, 2.24) is 14.5 Å². The van der Waals surface area contributed by atoms with Gasteiger partial charge in [0.25, 0.3) is 0 Å². The molecule has 0 bridgehead atoms. The summed E-state index contributed by atoms with van der Waals surface area (Å²) in [5.41, 5.74) is 2.25. The molecule has 0 aliphatic rings. The molecule has 0 aliphatic heterocycles. The molecule has 0 spiro atoms. The first-order valence-corrected chi connectivity index (χ1v) is 6.20. The van der Waals surface area contributed by atoms with Crippen LogP contribution in [0.5, 0.6) is 0 Å². The number of rotatable bonds is 2. The van der Waals surface area contributed by atoms with E-state index < -0.39 is 0 Å². The Hall–Kier alpha value is -1.38. The van der Waals surface area contributed by atoms with Gasteiger partial charge in [0.15, 0.2) is 5.65 Å². The lowest BCUT2D eigenvalue weighted by atomic mass is 9.92. The van der Waals surface area contributed by atoms with E-state index in [2.05, 4.69) is 44.2 Å². The third kappa shape index (κ3) is 2.48. The first-order valence-electron chi connectivity index (χ1n) is 6.20. The normalized spacial score (nSPS) is 12.6. The topological polar surface area (TPSA) is 30.7 Å². The SMILES string of the molecule is CC(C)n1c(CC(C)(C)C)nc2cccnc21. The lowest BCUT2D eigenvalue weighted by Gasteiger charge is -2.20. The van der Waals surface area contributed by atoms with Gasteiger partial charge in [0.2, 0.25) is 0 Å². The van der Waals surface area contributed by atoms with E-state index in [0.29, 0.717) is 6.04 Å². The first kappa shape index (κ1) is 12.1. The summed E-state index contributed by atoms with van der Waals surface area (Å²) in [7, 11) is 0. The highest BCUT2D eigenvalue weighted by atomic mass is 15.1. The van der Waals surface area contributed by atoms with Gasteiger partial charge in [-0.15, -0.1) is 0 Å². The van der Waals surface area contributed by atoms with Crippen LogP contribution >= 0.6 is 0 Å². The zero-order valence-corrected chi connectivity index (χ0v) is 11.4. The number of imidazole rings is 1. The first-order chi connectivity index (χ1) is 7.88. The van der Waals surface area contributed by atoms with Crippen LogP contribution in [0.25, 0.3) is 11.2 Å². The fourth-order valence-corrected chi connectivity index (χ4v) is 2.12. The summed E-state index contributed by atoms with van der Waals surface area (Å²) in [6.07, 6.45) is 2.81. The molecule has 0 fully saturated rings. The van der Waals surface area contributed by atoms with Crippen LogP contribution in [0.1, 0.15) is 46.5 Å². The highest BCUT2D eigenvalue weighted by Crippen LogP contribution is 2.25. The molecular weight excluding hydrogens is 210 g/mol. The minimum absolute atomic E-state index is 0.244. The number of nitrogens with zero attached hydrogens (tertiary/aromatic N) is 3. The quantitative estimate of drug-likeness (QED) is 0.790. The van der Waals surface area contributed by atoms with E-state index in [4.69, 9.17) is 4.98 Å². The smallest absolute Gasteiger partial charge is 0.160 e. The molecule has 3 nitrogen and oxygen atoms in total. The molecule has 0 saturated carbocycles. The van der Waals surface area contributed by atoms with Gasteiger partial charge in [-0.2, -0.15) is 0 Å². The zero-order chi connectivity index (χ0) is 12.6. The predicted molar refractivity (Wildman–Crippen MR) is 71.1 cm³/mol. The van der Waals surface area contributed by atoms with Crippen LogP contribution < -0.4 is 0 Å². The van der Waals surface area contributed by atoms with Crippen molar-refractivity contribution in [3.8, 4) is 0 Å². The maximum atomic E-state index is 4.72. The second-order valence-electron chi connectivity index (χ2n) is 6.08. The molecule has 3 heteroatoms. The Bertz CT molecular complexity index is 518. The minimum atomic E-state index is 0.244. The lowest BCUT2D eigenvalue weighted by molar-refractivity contribution is 0.388. The maximum absolute atomic E-state index is 4.72. The molecule has 0 aromatic carbocycles. The van der Waals surface area contributed by atoms with Crippen LogP contribution in [0.2, 0.25) is 0 Å². The Balaban J connectivity index is 2.58. The Morgan fingerprint density at radius 2 is 2.00 bits per heavy atom. The summed E-state index contributed by atoms with van der Waals surface area (Å²) in [5.74, 6) is 1.14. The van der Waals surface area contributed by atoms with Crippen molar-refractivity contribution in [3.05, 3.63) is 24.2 Å². The Labute approximate surface area is 103 Å². The van der Waals surface area contributed by atoms with Crippen molar-refractivity contribution >= 4 is 11.2 Å². The van der Waals surface area contributed by atoms with Gasteiger partial charge in [-0.1, -0.05) is 20.8 Å². The van der Waals surface area contributed by atoms with E-state index in [0.717, 1.165) is 23.4 Å². The summed E-state index contributed by atoms with van der Waals surface area (Å²) in [4.78, 5) is 9.17. The van der Waals surface area contributed by atoms with Crippen molar-refractivity contribution in [2.24, 2.45) is 5.41 Å². The summed E-state index contributed by atoms with van der Waals surface area (Å²) in [6, 6.07) is 4.38. The van der Waals surface area contributed by atoms with Crippen LogP contribution in [0, 0.1) is 5.41 Å². The van der Waals surface area contributed by atoms with Gasteiger partial charge >= 0.3 is 0 Å². The van der Waals surface area contributed by atoms with Gasteiger partial charge in [0.05, 0.1) is 0 Å². The molecule has 2 aromatic rings. The van der Waals surface area contributed by atoms with Gasteiger partial charge in [-0.3, -0.25) is 0 Å². The summed E-state index contributed by atoms with van der Waals surface area (Å²) >= 11 is 0. The van der Waals surface area contributed by atoms with Crippen molar-refractivity contribution < 1.29 is 0 Å². The molecule has 17 heavy (non-hydrogen) atoms. The molecule has 92 valence electrons. The third-order valence-electron chi connectivity index (χ3n) is 2.73. The number of aromatic nitrogens is 3. The van der Waals surface area contributed by atoms with Crippen molar-refractivity contribution in [1.29, 1.82) is 0 Å². The van der Waals surface area contributed by atoms with Crippen LogP contribution in [-0.4, -0.2) is 14.5 Å². The van der Waals surface area contributed by atoms with Crippen LogP contribution in [0.15, 0.2) is 18.3 Å². The monoisotopic (exact) mass is 231 g/mol. The van der Waals surface area contributed by atoms with E-state index in [1.54, 1.807) is 0 Å². The molecule has 2 rings (SSSR count). The number of hydrogen-bond donors (Lipinski definition) is 0. The van der Waals surface area contributed by atoms with Crippen LogP contribution in [0.4, 0.5) is 0 Å².